The van der Waals surface area contributed by atoms with E-state index in [0.717, 1.165) is 24.6 Å². The van der Waals surface area contributed by atoms with Crippen LogP contribution in [0.25, 0.3) is 0 Å². The van der Waals surface area contributed by atoms with Gasteiger partial charge in [0.1, 0.15) is 5.76 Å². The molecule has 1 heterocycles. The molecule has 0 amide bonds. The van der Waals surface area contributed by atoms with Crippen LogP contribution in [0.5, 0.6) is 0 Å². The van der Waals surface area contributed by atoms with E-state index in [1.807, 2.05) is 6.07 Å². The normalized spacial score (nSPS) is 15.4. The first-order chi connectivity index (χ1) is 6.77. The molecule has 0 bridgehead atoms. The second-order valence-corrected chi connectivity index (χ2v) is 3.87. The van der Waals surface area contributed by atoms with Crippen LogP contribution in [0, 0.1) is 5.92 Å². The van der Waals surface area contributed by atoms with Crippen LogP contribution < -0.4 is 5.32 Å². The van der Waals surface area contributed by atoms with E-state index in [0.29, 0.717) is 6.04 Å². The minimum Gasteiger partial charge on any atom is -0.468 e. The van der Waals surface area contributed by atoms with Crippen molar-refractivity contribution in [3.63, 3.8) is 0 Å². The zero-order valence-corrected chi connectivity index (χ0v) is 9.42. The molecule has 0 fully saturated rings. The second kappa shape index (κ2) is 5.86. The predicted molar refractivity (Wildman–Crippen MR) is 59.2 cm³/mol. The highest BCUT2D eigenvalue weighted by atomic mass is 16.3. The topological polar surface area (TPSA) is 25.2 Å². The second-order valence-electron chi connectivity index (χ2n) is 3.87. The summed E-state index contributed by atoms with van der Waals surface area (Å²) in [7, 11) is 0. The zero-order valence-electron chi connectivity index (χ0n) is 9.42. The molecule has 1 aromatic rings. The van der Waals surface area contributed by atoms with E-state index < -0.39 is 0 Å². The third-order valence-corrected chi connectivity index (χ3v) is 2.67. The molecule has 0 radical (unpaired) electrons. The maximum atomic E-state index is 5.43. The summed E-state index contributed by atoms with van der Waals surface area (Å²) >= 11 is 0. The van der Waals surface area contributed by atoms with Gasteiger partial charge in [-0.1, -0.05) is 27.2 Å². The molecule has 1 rings (SSSR count). The molecule has 2 heteroatoms. The minimum absolute atomic E-state index is 0.380. The van der Waals surface area contributed by atoms with Crippen LogP contribution in [0.2, 0.25) is 0 Å². The van der Waals surface area contributed by atoms with E-state index in [-0.39, 0.29) is 0 Å². The fourth-order valence-electron chi connectivity index (χ4n) is 1.61. The van der Waals surface area contributed by atoms with Gasteiger partial charge in [-0.2, -0.15) is 0 Å². The Morgan fingerprint density at radius 3 is 2.71 bits per heavy atom. The zero-order chi connectivity index (χ0) is 10.4. The van der Waals surface area contributed by atoms with Gasteiger partial charge in [-0.3, -0.25) is 0 Å². The maximum Gasteiger partial charge on any atom is 0.120 e. The Bertz CT molecular complexity index is 230. The summed E-state index contributed by atoms with van der Waals surface area (Å²) in [5, 5.41) is 3.46. The van der Waals surface area contributed by atoms with Crippen molar-refractivity contribution in [2.75, 3.05) is 6.54 Å². The third kappa shape index (κ3) is 3.18. The first-order valence-electron chi connectivity index (χ1n) is 5.54. The van der Waals surface area contributed by atoms with Crippen molar-refractivity contribution in [3.8, 4) is 0 Å². The highest BCUT2D eigenvalue weighted by molar-refractivity contribution is 5.04. The van der Waals surface area contributed by atoms with Gasteiger partial charge in [0.05, 0.1) is 12.3 Å². The SMILES string of the molecule is CCNC(CC(C)CC)c1ccco1. The Morgan fingerprint density at radius 2 is 2.21 bits per heavy atom. The molecule has 1 N–H and O–H groups in total. The lowest BCUT2D eigenvalue weighted by molar-refractivity contribution is 0.351. The Hall–Kier alpha value is -0.760. The molecule has 0 spiro atoms. The highest BCUT2D eigenvalue weighted by Crippen LogP contribution is 2.23. The molecular weight excluding hydrogens is 174 g/mol. The van der Waals surface area contributed by atoms with Crippen LogP contribution in [0.1, 0.15) is 45.4 Å². The van der Waals surface area contributed by atoms with Crippen LogP contribution in [-0.4, -0.2) is 6.54 Å². The van der Waals surface area contributed by atoms with Crippen molar-refractivity contribution in [3.05, 3.63) is 24.2 Å². The average molecular weight is 195 g/mol. The standard InChI is InChI=1S/C12H21NO/c1-4-10(3)9-11(13-5-2)12-7-6-8-14-12/h6-8,10-11,13H,4-5,9H2,1-3H3. The fraction of sp³-hybridized carbons (Fsp3) is 0.667. The third-order valence-electron chi connectivity index (χ3n) is 2.67. The molecule has 0 saturated carbocycles. The molecule has 0 aliphatic heterocycles. The lowest BCUT2D eigenvalue weighted by atomic mass is 9.98. The summed E-state index contributed by atoms with van der Waals surface area (Å²) in [5.74, 6) is 1.80. The van der Waals surface area contributed by atoms with Crippen molar-refractivity contribution in [2.24, 2.45) is 5.92 Å². The van der Waals surface area contributed by atoms with E-state index in [1.54, 1.807) is 6.26 Å². The number of nitrogens with one attached hydrogen (secondary N) is 1. The Kier molecular flexibility index (Phi) is 4.74. The van der Waals surface area contributed by atoms with Crippen LogP contribution in [-0.2, 0) is 0 Å². The van der Waals surface area contributed by atoms with Gasteiger partial charge in [0.2, 0.25) is 0 Å². The summed E-state index contributed by atoms with van der Waals surface area (Å²) in [6, 6.07) is 4.39. The molecule has 0 saturated heterocycles. The first kappa shape index (κ1) is 11.3. The van der Waals surface area contributed by atoms with Crippen LogP contribution in [0.4, 0.5) is 0 Å². The maximum absolute atomic E-state index is 5.43. The van der Waals surface area contributed by atoms with Gasteiger partial charge in [0.15, 0.2) is 0 Å². The van der Waals surface area contributed by atoms with E-state index in [4.69, 9.17) is 4.42 Å². The van der Waals surface area contributed by atoms with Crippen molar-refractivity contribution >= 4 is 0 Å². The molecule has 1 aromatic heterocycles. The van der Waals surface area contributed by atoms with E-state index in [1.165, 1.54) is 6.42 Å². The van der Waals surface area contributed by atoms with Gasteiger partial charge in [-0.05, 0) is 31.0 Å². The van der Waals surface area contributed by atoms with Gasteiger partial charge in [0, 0.05) is 0 Å². The Labute approximate surface area is 86.7 Å². The van der Waals surface area contributed by atoms with Crippen molar-refractivity contribution in [2.45, 2.75) is 39.7 Å². The molecular formula is C12H21NO. The number of hydrogen-bond donors (Lipinski definition) is 1. The van der Waals surface area contributed by atoms with Crippen LogP contribution >= 0.6 is 0 Å². The monoisotopic (exact) mass is 195 g/mol. The summed E-state index contributed by atoms with van der Waals surface area (Å²) in [6.45, 7) is 7.64. The van der Waals surface area contributed by atoms with Gasteiger partial charge < -0.3 is 9.73 Å². The summed E-state index contributed by atoms with van der Waals surface area (Å²) in [4.78, 5) is 0. The minimum atomic E-state index is 0.380. The summed E-state index contributed by atoms with van der Waals surface area (Å²) < 4.78 is 5.43. The van der Waals surface area contributed by atoms with E-state index in [2.05, 4.69) is 32.2 Å². The average Bonchev–Trinajstić information content (AvgIpc) is 2.69. The van der Waals surface area contributed by atoms with Crippen LogP contribution in [0.3, 0.4) is 0 Å². The van der Waals surface area contributed by atoms with Gasteiger partial charge >= 0.3 is 0 Å². The molecule has 2 atom stereocenters. The van der Waals surface area contributed by atoms with Crippen molar-refractivity contribution in [1.82, 2.24) is 5.32 Å². The number of furan rings is 1. The molecule has 0 aromatic carbocycles. The Balaban J connectivity index is 2.55. The van der Waals surface area contributed by atoms with E-state index >= 15 is 0 Å². The predicted octanol–water partition coefficient (Wildman–Crippen LogP) is 3.37. The number of hydrogen-bond acceptors (Lipinski definition) is 2. The summed E-state index contributed by atoms with van der Waals surface area (Å²) in [6.07, 6.45) is 4.12. The quantitative estimate of drug-likeness (QED) is 0.753. The largest absolute Gasteiger partial charge is 0.468 e. The molecule has 0 aliphatic carbocycles. The molecule has 2 nitrogen and oxygen atoms in total. The highest BCUT2D eigenvalue weighted by Gasteiger charge is 2.15. The van der Waals surface area contributed by atoms with E-state index in [9.17, 15) is 0 Å². The molecule has 0 aliphatic rings. The molecule has 14 heavy (non-hydrogen) atoms. The van der Waals surface area contributed by atoms with Gasteiger partial charge in [-0.25, -0.2) is 0 Å². The van der Waals surface area contributed by atoms with Crippen molar-refractivity contribution in [1.29, 1.82) is 0 Å². The molecule has 80 valence electrons. The van der Waals surface area contributed by atoms with Crippen molar-refractivity contribution < 1.29 is 4.42 Å². The fourth-order valence-corrected chi connectivity index (χ4v) is 1.61. The summed E-state index contributed by atoms with van der Waals surface area (Å²) in [5.41, 5.74) is 0. The number of rotatable bonds is 6. The lowest BCUT2D eigenvalue weighted by Crippen LogP contribution is -2.22. The molecule has 2 unspecified atom stereocenters. The van der Waals surface area contributed by atoms with Gasteiger partial charge in [0.25, 0.3) is 0 Å². The first-order valence-corrected chi connectivity index (χ1v) is 5.54. The Morgan fingerprint density at radius 1 is 1.43 bits per heavy atom. The van der Waals surface area contributed by atoms with Crippen LogP contribution in [0.15, 0.2) is 22.8 Å². The lowest BCUT2D eigenvalue weighted by Gasteiger charge is -2.18. The van der Waals surface area contributed by atoms with Gasteiger partial charge in [-0.15, -0.1) is 0 Å². The smallest absolute Gasteiger partial charge is 0.120 e.